The van der Waals surface area contributed by atoms with Gasteiger partial charge in [0.1, 0.15) is 0 Å². The lowest BCUT2D eigenvalue weighted by Crippen LogP contribution is -2.44. The lowest BCUT2D eigenvalue weighted by molar-refractivity contribution is 0.234. The van der Waals surface area contributed by atoms with Crippen LogP contribution in [0.25, 0.3) is 0 Å². The molecule has 110 valence electrons. The average Bonchev–Trinajstić information content (AvgIpc) is 2.32. The molecule has 0 saturated heterocycles. The van der Waals surface area contributed by atoms with Gasteiger partial charge in [0.2, 0.25) is 0 Å². The fourth-order valence-electron chi connectivity index (χ4n) is 2.14. The molecule has 3 heteroatoms. The summed E-state index contributed by atoms with van der Waals surface area (Å²) in [5.74, 6) is 0.757. The van der Waals surface area contributed by atoms with E-state index in [1.165, 1.54) is 38.9 Å². The molecular weight excluding hydrogens is 222 g/mol. The quantitative estimate of drug-likeness (QED) is 0.613. The minimum absolute atomic E-state index is 0.638. The van der Waals surface area contributed by atoms with Crippen LogP contribution in [-0.2, 0) is 0 Å². The molecule has 0 aromatic rings. The lowest BCUT2D eigenvalue weighted by Gasteiger charge is -2.29. The SMILES string of the molecule is CCCNC(CN(C)CCCN(C)C)C(C)CC. The molecule has 0 aromatic carbocycles. The highest BCUT2D eigenvalue weighted by Crippen LogP contribution is 2.09. The Morgan fingerprint density at radius 1 is 1.06 bits per heavy atom. The van der Waals surface area contributed by atoms with Crippen molar-refractivity contribution in [2.45, 2.75) is 46.1 Å². The third kappa shape index (κ3) is 8.90. The van der Waals surface area contributed by atoms with Gasteiger partial charge in [0.25, 0.3) is 0 Å². The summed E-state index contributed by atoms with van der Waals surface area (Å²) in [5, 5.41) is 3.70. The monoisotopic (exact) mass is 257 g/mol. The number of likely N-dealkylation sites (N-methyl/N-ethyl adjacent to an activating group) is 1. The van der Waals surface area contributed by atoms with Crippen LogP contribution in [0.15, 0.2) is 0 Å². The molecule has 0 aliphatic rings. The molecule has 0 rings (SSSR count). The molecule has 2 atom stereocenters. The van der Waals surface area contributed by atoms with Crippen LogP contribution in [0, 0.1) is 5.92 Å². The van der Waals surface area contributed by atoms with Gasteiger partial charge in [-0.1, -0.05) is 27.2 Å². The van der Waals surface area contributed by atoms with E-state index < -0.39 is 0 Å². The molecule has 2 unspecified atom stereocenters. The van der Waals surface area contributed by atoms with Crippen molar-refractivity contribution in [1.82, 2.24) is 15.1 Å². The number of nitrogens with zero attached hydrogens (tertiary/aromatic N) is 2. The average molecular weight is 257 g/mol. The Morgan fingerprint density at radius 2 is 1.72 bits per heavy atom. The number of rotatable bonds is 11. The molecule has 0 bridgehead atoms. The van der Waals surface area contributed by atoms with E-state index in [-0.39, 0.29) is 0 Å². The highest BCUT2D eigenvalue weighted by molar-refractivity contribution is 4.75. The van der Waals surface area contributed by atoms with E-state index in [1.807, 2.05) is 0 Å². The predicted octanol–water partition coefficient (Wildman–Crippen LogP) is 2.28. The second-order valence-electron chi connectivity index (χ2n) is 5.87. The van der Waals surface area contributed by atoms with Gasteiger partial charge in [-0.3, -0.25) is 0 Å². The van der Waals surface area contributed by atoms with Crippen LogP contribution in [0.5, 0.6) is 0 Å². The van der Waals surface area contributed by atoms with Crippen molar-refractivity contribution in [3.63, 3.8) is 0 Å². The van der Waals surface area contributed by atoms with Gasteiger partial charge in [0, 0.05) is 12.6 Å². The molecule has 0 fully saturated rings. The standard InChI is InChI=1S/C15H35N3/c1-7-10-16-15(14(3)8-2)13-18(6)12-9-11-17(4)5/h14-16H,7-13H2,1-6H3. The maximum absolute atomic E-state index is 3.70. The third-order valence-electron chi connectivity index (χ3n) is 3.64. The Hall–Kier alpha value is -0.120. The molecular formula is C15H35N3. The van der Waals surface area contributed by atoms with Crippen LogP contribution in [0.4, 0.5) is 0 Å². The van der Waals surface area contributed by atoms with Crippen molar-refractivity contribution in [1.29, 1.82) is 0 Å². The molecule has 0 amide bonds. The Bertz CT molecular complexity index is 183. The lowest BCUT2D eigenvalue weighted by atomic mass is 9.98. The highest BCUT2D eigenvalue weighted by atomic mass is 15.1. The van der Waals surface area contributed by atoms with Gasteiger partial charge in [0.05, 0.1) is 0 Å². The number of nitrogens with one attached hydrogen (secondary N) is 1. The summed E-state index contributed by atoms with van der Waals surface area (Å²) in [6.45, 7) is 11.6. The van der Waals surface area contributed by atoms with Crippen LogP contribution in [0.1, 0.15) is 40.0 Å². The summed E-state index contributed by atoms with van der Waals surface area (Å²) in [5.41, 5.74) is 0. The minimum atomic E-state index is 0.638. The first-order valence-corrected chi connectivity index (χ1v) is 7.57. The summed E-state index contributed by atoms with van der Waals surface area (Å²) in [6.07, 6.45) is 3.73. The maximum Gasteiger partial charge on any atom is 0.0220 e. The van der Waals surface area contributed by atoms with Gasteiger partial charge >= 0.3 is 0 Å². The van der Waals surface area contributed by atoms with Crippen LogP contribution in [0.2, 0.25) is 0 Å². The first kappa shape index (κ1) is 17.9. The number of hydrogen-bond acceptors (Lipinski definition) is 3. The molecule has 18 heavy (non-hydrogen) atoms. The zero-order valence-corrected chi connectivity index (χ0v) is 13.5. The van der Waals surface area contributed by atoms with Crippen LogP contribution < -0.4 is 5.32 Å². The largest absolute Gasteiger partial charge is 0.312 e. The third-order valence-corrected chi connectivity index (χ3v) is 3.64. The number of hydrogen-bond donors (Lipinski definition) is 1. The van der Waals surface area contributed by atoms with Crippen LogP contribution >= 0.6 is 0 Å². The fourth-order valence-corrected chi connectivity index (χ4v) is 2.14. The van der Waals surface area contributed by atoms with Crippen LogP contribution in [0.3, 0.4) is 0 Å². The van der Waals surface area contributed by atoms with E-state index in [2.05, 4.69) is 57.0 Å². The zero-order chi connectivity index (χ0) is 14.0. The summed E-state index contributed by atoms with van der Waals surface area (Å²) in [7, 11) is 6.54. The molecule has 0 aliphatic heterocycles. The van der Waals surface area contributed by atoms with Crippen molar-refractivity contribution in [3.05, 3.63) is 0 Å². The Labute approximate surface area is 115 Å². The van der Waals surface area contributed by atoms with Gasteiger partial charge in [-0.05, 0) is 59.5 Å². The molecule has 0 aliphatic carbocycles. The summed E-state index contributed by atoms with van der Waals surface area (Å²) in [6, 6.07) is 0.638. The molecule has 0 saturated carbocycles. The fraction of sp³-hybridized carbons (Fsp3) is 1.00. The van der Waals surface area contributed by atoms with Crippen molar-refractivity contribution >= 4 is 0 Å². The minimum Gasteiger partial charge on any atom is -0.312 e. The van der Waals surface area contributed by atoms with Gasteiger partial charge in [0.15, 0.2) is 0 Å². The predicted molar refractivity (Wildman–Crippen MR) is 82.2 cm³/mol. The first-order valence-electron chi connectivity index (χ1n) is 7.57. The topological polar surface area (TPSA) is 18.5 Å². The second-order valence-corrected chi connectivity index (χ2v) is 5.87. The van der Waals surface area contributed by atoms with E-state index in [4.69, 9.17) is 0 Å². The van der Waals surface area contributed by atoms with Gasteiger partial charge < -0.3 is 15.1 Å². The van der Waals surface area contributed by atoms with E-state index in [0.29, 0.717) is 6.04 Å². The molecule has 0 heterocycles. The second kappa shape index (κ2) is 10.8. The Morgan fingerprint density at radius 3 is 2.22 bits per heavy atom. The maximum atomic E-state index is 3.70. The van der Waals surface area contributed by atoms with E-state index in [1.54, 1.807) is 0 Å². The molecule has 3 nitrogen and oxygen atoms in total. The molecule has 1 N–H and O–H groups in total. The van der Waals surface area contributed by atoms with Gasteiger partial charge in [-0.2, -0.15) is 0 Å². The molecule has 0 aromatic heterocycles. The van der Waals surface area contributed by atoms with Gasteiger partial charge in [-0.25, -0.2) is 0 Å². The van der Waals surface area contributed by atoms with Crippen LogP contribution in [-0.4, -0.2) is 63.2 Å². The Kier molecular flexibility index (Phi) is 10.7. The van der Waals surface area contributed by atoms with Gasteiger partial charge in [-0.15, -0.1) is 0 Å². The van der Waals surface area contributed by atoms with E-state index in [9.17, 15) is 0 Å². The van der Waals surface area contributed by atoms with Crippen molar-refractivity contribution in [2.75, 3.05) is 47.3 Å². The first-order chi connectivity index (χ1) is 8.51. The summed E-state index contributed by atoms with van der Waals surface area (Å²) >= 11 is 0. The van der Waals surface area contributed by atoms with Crippen molar-refractivity contribution < 1.29 is 0 Å². The smallest absolute Gasteiger partial charge is 0.0220 e. The zero-order valence-electron chi connectivity index (χ0n) is 13.5. The Balaban J connectivity index is 3.97. The van der Waals surface area contributed by atoms with E-state index in [0.717, 1.165) is 12.5 Å². The van der Waals surface area contributed by atoms with Crippen molar-refractivity contribution in [3.8, 4) is 0 Å². The van der Waals surface area contributed by atoms with Crippen molar-refractivity contribution in [2.24, 2.45) is 5.92 Å². The molecule has 0 radical (unpaired) electrons. The normalized spacial score (nSPS) is 15.3. The molecule has 0 spiro atoms. The van der Waals surface area contributed by atoms with E-state index >= 15 is 0 Å². The summed E-state index contributed by atoms with van der Waals surface area (Å²) < 4.78 is 0. The summed E-state index contributed by atoms with van der Waals surface area (Å²) in [4.78, 5) is 4.73. The highest BCUT2D eigenvalue weighted by Gasteiger charge is 2.16.